The molecule has 4 nitrogen and oxygen atoms in total. The van der Waals surface area contributed by atoms with Crippen molar-refractivity contribution in [2.24, 2.45) is 0 Å². The molecule has 2 aliphatic heterocycles. The Labute approximate surface area is 179 Å². The van der Waals surface area contributed by atoms with Gasteiger partial charge in [0.05, 0.1) is 0 Å². The summed E-state index contributed by atoms with van der Waals surface area (Å²) in [5, 5.41) is 2.85. The standard InChI is InChI=1S/C26H32N2O2/c1-17-6-5-7-18(2)25(17)24(30)16-23(26-14-12-22(13-15-26)28(26)4)20-8-10-21(11-9-20)27-19(3)29/h5-11,22-23H,12-16H2,1-4H3,(H,27,29). The molecule has 1 atom stereocenters. The number of hydrogen-bond acceptors (Lipinski definition) is 3. The fourth-order valence-corrected chi connectivity index (χ4v) is 5.96. The van der Waals surface area contributed by atoms with E-state index in [2.05, 4.69) is 29.4 Å². The lowest BCUT2D eigenvalue weighted by Crippen LogP contribution is -2.44. The molecule has 0 radical (unpaired) electrons. The molecule has 4 rings (SSSR count). The average molecular weight is 405 g/mol. The number of nitrogens with one attached hydrogen (secondary N) is 1. The van der Waals surface area contributed by atoms with Gasteiger partial charge in [-0.05, 0) is 75.4 Å². The molecule has 2 aromatic rings. The minimum atomic E-state index is -0.0720. The monoisotopic (exact) mass is 404 g/mol. The number of carbonyl (C=O) groups excluding carboxylic acids is 2. The van der Waals surface area contributed by atoms with E-state index in [1.807, 2.05) is 44.2 Å². The van der Waals surface area contributed by atoms with Crippen LogP contribution in [0.25, 0.3) is 0 Å². The first-order valence-electron chi connectivity index (χ1n) is 11.0. The molecule has 2 fully saturated rings. The van der Waals surface area contributed by atoms with Gasteiger partial charge in [-0.2, -0.15) is 0 Å². The lowest BCUT2D eigenvalue weighted by atomic mass is 9.71. The molecule has 0 spiro atoms. The lowest BCUT2D eigenvalue weighted by Gasteiger charge is -2.40. The molecule has 30 heavy (non-hydrogen) atoms. The van der Waals surface area contributed by atoms with E-state index < -0.39 is 0 Å². The summed E-state index contributed by atoms with van der Waals surface area (Å²) >= 11 is 0. The summed E-state index contributed by atoms with van der Waals surface area (Å²) in [6.07, 6.45) is 5.24. The lowest BCUT2D eigenvalue weighted by molar-refractivity contribution is -0.114. The second kappa shape index (κ2) is 7.99. The average Bonchev–Trinajstić information content (AvgIpc) is 3.19. The van der Waals surface area contributed by atoms with Crippen LogP contribution in [0.3, 0.4) is 0 Å². The fraction of sp³-hybridized carbons (Fsp3) is 0.462. The zero-order chi connectivity index (χ0) is 21.5. The summed E-state index contributed by atoms with van der Waals surface area (Å²) in [4.78, 5) is 27.5. The number of ketones is 1. The summed E-state index contributed by atoms with van der Waals surface area (Å²) < 4.78 is 0. The van der Waals surface area contributed by atoms with Crippen LogP contribution in [0.15, 0.2) is 42.5 Å². The van der Waals surface area contributed by atoms with Crippen molar-refractivity contribution >= 4 is 17.4 Å². The number of hydrogen-bond donors (Lipinski definition) is 1. The molecule has 2 aliphatic rings. The van der Waals surface area contributed by atoms with Gasteiger partial charge in [0.1, 0.15) is 0 Å². The summed E-state index contributed by atoms with van der Waals surface area (Å²) in [6, 6.07) is 14.8. The highest BCUT2D eigenvalue weighted by Gasteiger charge is 2.54. The molecule has 0 saturated carbocycles. The van der Waals surface area contributed by atoms with E-state index in [1.165, 1.54) is 25.3 Å². The van der Waals surface area contributed by atoms with Gasteiger partial charge in [0.15, 0.2) is 5.78 Å². The molecule has 1 N–H and O–H groups in total. The fourth-order valence-electron chi connectivity index (χ4n) is 5.96. The Morgan fingerprint density at radius 3 is 2.17 bits per heavy atom. The van der Waals surface area contributed by atoms with Crippen LogP contribution in [-0.2, 0) is 4.79 Å². The third-order valence-electron chi connectivity index (χ3n) is 7.50. The van der Waals surface area contributed by atoms with Gasteiger partial charge >= 0.3 is 0 Å². The maximum absolute atomic E-state index is 13.5. The van der Waals surface area contributed by atoms with Crippen LogP contribution in [0, 0.1) is 13.8 Å². The van der Waals surface area contributed by atoms with Crippen molar-refractivity contribution < 1.29 is 9.59 Å². The van der Waals surface area contributed by atoms with Gasteiger partial charge in [0.25, 0.3) is 0 Å². The van der Waals surface area contributed by atoms with Crippen molar-refractivity contribution in [3.63, 3.8) is 0 Å². The Hall–Kier alpha value is -2.46. The number of rotatable bonds is 6. The molecular formula is C26H32N2O2. The first-order chi connectivity index (χ1) is 14.3. The molecule has 0 aromatic heterocycles. The number of carbonyl (C=O) groups is 2. The molecule has 2 bridgehead atoms. The number of fused-ring (bicyclic) bond motifs is 2. The Balaban J connectivity index is 1.70. The van der Waals surface area contributed by atoms with E-state index >= 15 is 0 Å². The van der Waals surface area contributed by atoms with E-state index in [1.54, 1.807) is 0 Å². The SMILES string of the molecule is CC(=O)Nc1ccc(C(CC(=O)c2c(C)cccc2C)C23CCC(CC2)N3C)cc1. The molecule has 1 amide bonds. The minimum absolute atomic E-state index is 0.0481. The Morgan fingerprint density at radius 1 is 1.07 bits per heavy atom. The maximum atomic E-state index is 13.5. The first-order valence-corrected chi connectivity index (χ1v) is 11.0. The van der Waals surface area contributed by atoms with Crippen LogP contribution in [0.5, 0.6) is 0 Å². The van der Waals surface area contributed by atoms with Gasteiger partial charge < -0.3 is 5.32 Å². The van der Waals surface area contributed by atoms with Crippen molar-refractivity contribution in [3.8, 4) is 0 Å². The van der Waals surface area contributed by atoms with Crippen LogP contribution < -0.4 is 5.32 Å². The summed E-state index contributed by atoms with van der Waals surface area (Å²) in [5.74, 6) is 0.310. The van der Waals surface area contributed by atoms with Crippen molar-refractivity contribution in [2.45, 2.75) is 70.4 Å². The molecule has 2 saturated heterocycles. The number of amides is 1. The van der Waals surface area contributed by atoms with Crippen LogP contribution in [-0.4, -0.2) is 35.2 Å². The van der Waals surface area contributed by atoms with Crippen molar-refractivity contribution in [1.29, 1.82) is 0 Å². The number of Topliss-reactive ketones (excluding diaryl/α,β-unsaturated/α-hetero) is 1. The zero-order valence-corrected chi connectivity index (χ0v) is 18.5. The normalized spacial score (nSPS) is 24.1. The van der Waals surface area contributed by atoms with Crippen LogP contribution in [0.2, 0.25) is 0 Å². The van der Waals surface area contributed by atoms with E-state index in [-0.39, 0.29) is 23.1 Å². The van der Waals surface area contributed by atoms with Gasteiger partial charge in [-0.15, -0.1) is 0 Å². The number of anilines is 1. The second-order valence-electron chi connectivity index (χ2n) is 9.20. The first kappa shape index (κ1) is 20.8. The highest BCUT2D eigenvalue weighted by atomic mass is 16.1. The van der Waals surface area contributed by atoms with Crippen molar-refractivity contribution in [2.75, 3.05) is 12.4 Å². The quantitative estimate of drug-likeness (QED) is 0.670. The largest absolute Gasteiger partial charge is 0.326 e. The molecule has 4 heteroatoms. The predicted octanol–water partition coefficient (Wildman–Crippen LogP) is 5.25. The topological polar surface area (TPSA) is 49.4 Å². The van der Waals surface area contributed by atoms with Gasteiger partial charge in [-0.3, -0.25) is 14.5 Å². The van der Waals surface area contributed by atoms with Crippen molar-refractivity contribution in [1.82, 2.24) is 4.90 Å². The summed E-state index contributed by atoms with van der Waals surface area (Å²) in [7, 11) is 2.24. The zero-order valence-electron chi connectivity index (χ0n) is 18.5. The molecule has 158 valence electrons. The van der Waals surface area contributed by atoms with Gasteiger partial charge in [0.2, 0.25) is 5.91 Å². The smallest absolute Gasteiger partial charge is 0.221 e. The summed E-state index contributed by atoms with van der Waals surface area (Å²) in [5.41, 5.74) is 5.03. The number of benzene rings is 2. The van der Waals surface area contributed by atoms with Gasteiger partial charge in [-0.25, -0.2) is 0 Å². The summed E-state index contributed by atoms with van der Waals surface area (Å²) in [6.45, 7) is 5.58. The van der Waals surface area contributed by atoms with Gasteiger partial charge in [0, 0.05) is 42.1 Å². The molecule has 2 heterocycles. The number of aryl methyl sites for hydroxylation is 2. The Bertz CT molecular complexity index is 935. The van der Waals surface area contributed by atoms with Crippen LogP contribution in [0.4, 0.5) is 5.69 Å². The Kier molecular flexibility index (Phi) is 5.54. The second-order valence-corrected chi connectivity index (χ2v) is 9.20. The van der Waals surface area contributed by atoms with Crippen LogP contribution in [0.1, 0.15) is 72.0 Å². The number of likely N-dealkylation sites (N-methyl/N-ethyl adjacent to an activating group) is 1. The third kappa shape index (κ3) is 3.58. The number of nitrogens with zero attached hydrogens (tertiary/aromatic N) is 1. The van der Waals surface area contributed by atoms with Crippen molar-refractivity contribution in [3.05, 3.63) is 64.7 Å². The van der Waals surface area contributed by atoms with Crippen LogP contribution >= 0.6 is 0 Å². The highest BCUT2D eigenvalue weighted by molar-refractivity contribution is 5.99. The molecule has 1 unspecified atom stereocenters. The predicted molar refractivity (Wildman–Crippen MR) is 121 cm³/mol. The molecule has 0 aliphatic carbocycles. The van der Waals surface area contributed by atoms with E-state index in [9.17, 15) is 9.59 Å². The van der Waals surface area contributed by atoms with E-state index in [4.69, 9.17) is 0 Å². The minimum Gasteiger partial charge on any atom is -0.326 e. The van der Waals surface area contributed by atoms with Gasteiger partial charge in [-0.1, -0.05) is 30.3 Å². The Morgan fingerprint density at radius 2 is 1.67 bits per heavy atom. The third-order valence-corrected chi connectivity index (χ3v) is 7.50. The highest BCUT2D eigenvalue weighted by Crippen LogP contribution is 2.54. The van der Waals surface area contributed by atoms with E-state index in [0.29, 0.717) is 12.5 Å². The maximum Gasteiger partial charge on any atom is 0.221 e. The molecule has 2 aromatic carbocycles. The molecular weight excluding hydrogens is 372 g/mol. The van der Waals surface area contributed by atoms with E-state index in [0.717, 1.165) is 35.2 Å².